The highest BCUT2D eigenvalue weighted by Crippen LogP contribution is 2.35. The molecular weight excluding hydrogens is 374 g/mol. The lowest BCUT2D eigenvalue weighted by molar-refractivity contribution is 0.794. The Bertz CT molecular complexity index is 484. The zero-order valence-electron chi connectivity index (χ0n) is 10.7. The van der Waals surface area contributed by atoms with Gasteiger partial charge in [-0.3, -0.25) is 0 Å². The number of nitrogens with two attached hydrogens (primary N) is 3. The van der Waals surface area contributed by atoms with Crippen molar-refractivity contribution < 1.29 is 0 Å². The Morgan fingerprint density at radius 1 is 1.16 bits per heavy atom. The van der Waals surface area contributed by atoms with E-state index in [2.05, 4.69) is 48.8 Å². The minimum absolute atomic E-state index is 0.0164. The van der Waals surface area contributed by atoms with E-state index in [0.717, 1.165) is 28.2 Å². The van der Waals surface area contributed by atoms with Gasteiger partial charge in [0.2, 0.25) is 5.96 Å². The number of unbranched alkanes of at least 4 members (excludes halogenated alkanes) is 1. The number of hydrogen-bond donors (Lipinski definition) is 3. The molecule has 7 heteroatoms. The summed E-state index contributed by atoms with van der Waals surface area (Å²) in [5, 5.41) is 0. The SMILES string of the molecule is CCCCc1cc(Br)c(N=C(N)N=C(N)N)c(Br)c1. The monoisotopic (exact) mass is 389 g/mol. The molecule has 0 fully saturated rings. The second-order valence-electron chi connectivity index (χ2n) is 4.02. The van der Waals surface area contributed by atoms with Crippen LogP contribution in [0.2, 0.25) is 0 Å². The van der Waals surface area contributed by atoms with Crippen LogP contribution in [0.3, 0.4) is 0 Å². The van der Waals surface area contributed by atoms with Crippen LogP contribution in [-0.4, -0.2) is 11.9 Å². The molecule has 19 heavy (non-hydrogen) atoms. The summed E-state index contributed by atoms with van der Waals surface area (Å²) in [6.07, 6.45) is 3.34. The van der Waals surface area contributed by atoms with E-state index in [0.29, 0.717) is 5.69 Å². The molecule has 6 N–H and O–H groups in total. The first-order valence-corrected chi connectivity index (χ1v) is 7.44. The van der Waals surface area contributed by atoms with Crippen molar-refractivity contribution in [3.8, 4) is 0 Å². The van der Waals surface area contributed by atoms with Gasteiger partial charge in [0.05, 0.1) is 5.69 Å². The molecule has 0 aliphatic heterocycles. The quantitative estimate of drug-likeness (QED) is 0.543. The lowest BCUT2D eigenvalue weighted by Crippen LogP contribution is -2.26. The lowest BCUT2D eigenvalue weighted by atomic mass is 10.1. The van der Waals surface area contributed by atoms with E-state index < -0.39 is 0 Å². The van der Waals surface area contributed by atoms with E-state index in [1.807, 2.05) is 12.1 Å². The van der Waals surface area contributed by atoms with Gasteiger partial charge in [0.15, 0.2) is 5.96 Å². The van der Waals surface area contributed by atoms with Crippen molar-refractivity contribution in [2.45, 2.75) is 26.2 Å². The van der Waals surface area contributed by atoms with E-state index in [1.165, 1.54) is 5.56 Å². The zero-order valence-corrected chi connectivity index (χ0v) is 13.8. The van der Waals surface area contributed by atoms with Gasteiger partial charge in [-0.15, -0.1) is 0 Å². The molecule has 0 aliphatic rings. The average Bonchev–Trinajstić information content (AvgIpc) is 2.30. The minimum atomic E-state index is -0.118. The molecule has 1 rings (SSSR count). The molecule has 1 aromatic rings. The molecular formula is C12H17Br2N5. The highest BCUT2D eigenvalue weighted by molar-refractivity contribution is 9.11. The Hall–Kier alpha value is -1.08. The molecule has 0 aromatic heterocycles. The summed E-state index contributed by atoms with van der Waals surface area (Å²) in [6, 6.07) is 4.06. The number of rotatable bonds is 4. The largest absolute Gasteiger partial charge is 0.370 e. The maximum absolute atomic E-state index is 5.62. The third-order valence-electron chi connectivity index (χ3n) is 2.37. The predicted octanol–water partition coefficient (Wildman–Crippen LogP) is 2.77. The number of halogens is 2. The van der Waals surface area contributed by atoms with Crippen LogP contribution >= 0.6 is 31.9 Å². The molecule has 0 spiro atoms. The molecule has 104 valence electrons. The van der Waals surface area contributed by atoms with E-state index in [4.69, 9.17) is 17.2 Å². The first kappa shape index (κ1) is 16.0. The van der Waals surface area contributed by atoms with Gasteiger partial charge in [-0.25, -0.2) is 4.99 Å². The number of benzene rings is 1. The Labute approximate surface area is 129 Å². The predicted molar refractivity (Wildman–Crippen MR) is 87.5 cm³/mol. The molecule has 5 nitrogen and oxygen atoms in total. The molecule has 0 unspecified atom stereocenters. The Kier molecular flexibility index (Phi) is 6.30. The van der Waals surface area contributed by atoms with Gasteiger partial charge < -0.3 is 17.2 Å². The maximum Gasteiger partial charge on any atom is 0.223 e. The van der Waals surface area contributed by atoms with Crippen LogP contribution < -0.4 is 17.2 Å². The number of aliphatic imine (C=N–C) groups is 2. The van der Waals surface area contributed by atoms with Gasteiger partial charge in [0, 0.05) is 8.95 Å². The summed E-state index contributed by atoms with van der Waals surface area (Å²) in [5.41, 5.74) is 18.0. The second-order valence-corrected chi connectivity index (χ2v) is 5.73. The van der Waals surface area contributed by atoms with Gasteiger partial charge in [-0.05, 0) is 62.4 Å². The van der Waals surface area contributed by atoms with Crippen molar-refractivity contribution in [2.75, 3.05) is 0 Å². The topological polar surface area (TPSA) is 103 Å². The Morgan fingerprint density at radius 3 is 2.21 bits per heavy atom. The molecule has 0 atom stereocenters. The Morgan fingerprint density at radius 2 is 1.74 bits per heavy atom. The number of hydrogen-bond acceptors (Lipinski definition) is 1. The third-order valence-corrected chi connectivity index (χ3v) is 3.57. The van der Waals surface area contributed by atoms with Crippen molar-refractivity contribution in [3.05, 3.63) is 26.6 Å². The summed E-state index contributed by atoms with van der Waals surface area (Å²) in [6.45, 7) is 2.17. The second kappa shape index (κ2) is 7.49. The smallest absolute Gasteiger partial charge is 0.223 e. The summed E-state index contributed by atoms with van der Waals surface area (Å²) in [4.78, 5) is 7.86. The van der Waals surface area contributed by atoms with E-state index in [1.54, 1.807) is 0 Å². The number of nitrogens with zero attached hydrogens (tertiary/aromatic N) is 2. The standard InChI is InChI=1S/C12H17Br2N5/c1-2-3-4-7-5-8(13)10(9(14)6-7)18-12(17)19-11(15)16/h5-6H,2-4H2,1H3,(H6,15,16,17,18,19). The number of guanidine groups is 2. The fraction of sp³-hybridized carbons (Fsp3) is 0.333. The third kappa shape index (κ3) is 5.20. The van der Waals surface area contributed by atoms with Crippen LogP contribution in [0.1, 0.15) is 25.3 Å². The molecule has 0 saturated heterocycles. The lowest BCUT2D eigenvalue weighted by Gasteiger charge is -2.07. The van der Waals surface area contributed by atoms with Gasteiger partial charge in [0.25, 0.3) is 0 Å². The van der Waals surface area contributed by atoms with E-state index >= 15 is 0 Å². The maximum atomic E-state index is 5.62. The van der Waals surface area contributed by atoms with Crippen molar-refractivity contribution >= 4 is 49.5 Å². The highest BCUT2D eigenvalue weighted by Gasteiger charge is 2.07. The van der Waals surface area contributed by atoms with Gasteiger partial charge in [-0.1, -0.05) is 13.3 Å². The molecule has 0 amide bonds. The highest BCUT2D eigenvalue weighted by atomic mass is 79.9. The van der Waals surface area contributed by atoms with Crippen molar-refractivity contribution in [1.29, 1.82) is 0 Å². The van der Waals surface area contributed by atoms with Gasteiger partial charge in [0.1, 0.15) is 0 Å². The van der Waals surface area contributed by atoms with Gasteiger partial charge >= 0.3 is 0 Å². The zero-order chi connectivity index (χ0) is 14.4. The summed E-state index contributed by atoms with van der Waals surface area (Å²) < 4.78 is 1.70. The van der Waals surface area contributed by atoms with Crippen LogP contribution in [0.5, 0.6) is 0 Å². The molecule has 0 saturated carbocycles. The first-order chi connectivity index (χ1) is 8.93. The normalized spacial score (nSPS) is 11.4. The average molecular weight is 391 g/mol. The van der Waals surface area contributed by atoms with Crippen molar-refractivity contribution in [3.63, 3.8) is 0 Å². The molecule has 0 radical (unpaired) electrons. The van der Waals surface area contributed by atoms with E-state index in [-0.39, 0.29) is 11.9 Å². The van der Waals surface area contributed by atoms with E-state index in [9.17, 15) is 0 Å². The fourth-order valence-corrected chi connectivity index (χ4v) is 2.98. The molecule has 0 heterocycles. The van der Waals surface area contributed by atoms with Gasteiger partial charge in [-0.2, -0.15) is 4.99 Å². The minimum Gasteiger partial charge on any atom is -0.370 e. The van der Waals surface area contributed by atoms with Crippen LogP contribution in [0.4, 0.5) is 5.69 Å². The summed E-state index contributed by atoms with van der Waals surface area (Å²) >= 11 is 6.96. The molecule has 0 bridgehead atoms. The number of aryl methyl sites for hydroxylation is 1. The first-order valence-electron chi connectivity index (χ1n) is 5.85. The summed E-state index contributed by atoms with van der Waals surface area (Å²) in [7, 11) is 0. The van der Waals surface area contributed by atoms with Crippen LogP contribution in [-0.2, 0) is 6.42 Å². The van der Waals surface area contributed by atoms with Crippen LogP contribution in [0.15, 0.2) is 31.1 Å². The fourth-order valence-electron chi connectivity index (χ4n) is 1.52. The Balaban J connectivity index is 3.07. The van der Waals surface area contributed by atoms with Crippen LogP contribution in [0, 0.1) is 0 Å². The van der Waals surface area contributed by atoms with Crippen molar-refractivity contribution in [2.24, 2.45) is 27.2 Å². The van der Waals surface area contributed by atoms with Crippen LogP contribution in [0.25, 0.3) is 0 Å². The van der Waals surface area contributed by atoms with Crippen molar-refractivity contribution in [1.82, 2.24) is 0 Å². The molecule has 0 aliphatic carbocycles. The summed E-state index contributed by atoms with van der Waals surface area (Å²) in [5.74, 6) is -0.101. The molecule has 1 aromatic carbocycles.